The van der Waals surface area contributed by atoms with Crippen molar-refractivity contribution in [2.75, 3.05) is 24.5 Å². The van der Waals surface area contributed by atoms with E-state index >= 15 is 0 Å². The predicted molar refractivity (Wildman–Crippen MR) is 150 cm³/mol. The van der Waals surface area contributed by atoms with Gasteiger partial charge in [0.25, 0.3) is 0 Å². The molecular weight excluding hydrogens is 568 g/mol. The number of carbonyl (C=O) groups excluding carboxylic acids is 3. The molecule has 1 aromatic heterocycles. The summed E-state index contributed by atoms with van der Waals surface area (Å²) in [6.45, 7) is 3.28. The molecule has 0 bridgehead atoms. The molecule has 0 unspecified atom stereocenters. The van der Waals surface area contributed by atoms with E-state index in [1.807, 2.05) is 16.5 Å². The van der Waals surface area contributed by atoms with Crippen LogP contribution in [-0.4, -0.2) is 55.5 Å². The molecule has 2 fully saturated rings. The van der Waals surface area contributed by atoms with Crippen molar-refractivity contribution in [1.82, 2.24) is 14.6 Å². The van der Waals surface area contributed by atoms with Crippen LogP contribution in [0.25, 0.3) is 0 Å². The van der Waals surface area contributed by atoms with Gasteiger partial charge in [-0.1, -0.05) is 19.4 Å². The molecule has 0 aliphatic carbocycles. The van der Waals surface area contributed by atoms with Crippen LogP contribution in [0.3, 0.4) is 0 Å². The smallest absolute Gasteiger partial charge is 0.239 e. The SMILES string of the molecule is CCCCC(=O)c1cc(C#N)c(N2CCC(C(=O)NS(=O)(=O)Cc3ccc(F)cc3F)CC2)nc1CN1CCCC1=O. The Morgan fingerprint density at radius 1 is 1.17 bits per heavy atom. The number of nitrogens with one attached hydrogen (secondary N) is 1. The zero-order chi connectivity index (χ0) is 30.4. The Morgan fingerprint density at radius 3 is 2.52 bits per heavy atom. The van der Waals surface area contributed by atoms with Crippen LogP contribution in [0.4, 0.5) is 14.6 Å². The number of nitrogens with zero attached hydrogens (tertiary/aromatic N) is 4. The second kappa shape index (κ2) is 13.4. The number of rotatable bonds is 11. The average Bonchev–Trinajstić information content (AvgIpc) is 3.36. The number of halogens is 2. The van der Waals surface area contributed by atoms with Gasteiger partial charge in [-0.15, -0.1) is 0 Å². The van der Waals surface area contributed by atoms with Crippen molar-refractivity contribution < 1.29 is 31.6 Å². The van der Waals surface area contributed by atoms with Gasteiger partial charge >= 0.3 is 0 Å². The first-order chi connectivity index (χ1) is 20.0. The minimum Gasteiger partial charge on any atom is -0.355 e. The van der Waals surface area contributed by atoms with E-state index < -0.39 is 39.2 Å². The van der Waals surface area contributed by atoms with E-state index in [9.17, 15) is 36.8 Å². The Labute approximate surface area is 243 Å². The summed E-state index contributed by atoms with van der Waals surface area (Å²) in [4.78, 5) is 46.3. The number of aromatic nitrogens is 1. The molecule has 2 aliphatic rings. The van der Waals surface area contributed by atoms with Crippen molar-refractivity contribution in [2.45, 2.75) is 64.2 Å². The number of sulfonamides is 1. The molecule has 10 nitrogen and oxygen atoms in total. The number of amides is 2. The maximum absolute atomic E-state index is 13.9. The highest BCUT2D eigenvalue weighted by Crippen LogP contribution is 2.29. The van der Waals surface area contributed by atoms with Crippen molar-refractivity contribution in [3.63, 3.8) is 0 Å². The molecule has 0 atom stereocenters. The number of ketones is 1. The summed E-state index contributed by atoms with van der Waals surface area (Å²) in [5, 5.41) is 9.90. The maximum atomic E-state index is 13.9. The van der Waals surface area contributed by atoms with Crippen LogP contribution >= 0.6 is 0 Å². The van der Waals surface area contributed by atoms with Crippen LogP contribution < -0.4 is 9.62 Å². The summed E-state index contributed by atoms with van der Waals surface area (Å²) in [5.41, 5.74) is 0.711. The van der Waals surface area contributed by atoms with E-state index in [2.05, 4.69) is 6.07 Å². The fraction of sp³-hybridized carbons (Fsp3) is 0.483. The second-order valence-corrected chi connectivity index (χ2v) is 12.4. The first kappa shape index (κ1) is 31.0. The topological polar surface area (TPSA) is 141 Å². The molecule has 224 valence electrons. The number of nitriles is 1. The summed E-state index contributed by atoms with van der Waals surface area (Å²) in [7, 11) is -4.23. The molecule has 3 heterocycles. The molecule has 2 aromatic rings. The maximum Gasteiger partial charge on any atom is 0.239 e. The number of hydrogen-bond acceptors (Lipinski definition) is 8. The van der Waals surface area contributed by atoms with E-state index in [1.165, 1.54) is 6.07 Å². The number of likely N-dealkylation sites (tertiary alicyclic amines) is 1. The Morgan fingerprint density at radius 2 is 1.90 bits per heavy atom. The third kappa shape index (κ3) is 7.47. The van der Waals surface area contributed by atoms with Crippen molar-refractivity contribution in [2.24, 2.45) is 5.92 Å². The van der Waals surface area contributed by atoms with Crippen LogP contribution in [0.2, 0.25) is 0 Å². The highest BCUT2D eigenvalue weighted by atomic mass is 32.2. The molecule has 0 radical (unpaired) electrons. The minimum absolute atomic E-state index is 0.0152. The third-order valence-corrected chi connectivity index (χ3v) is 8.76. The largest absolute Gasteiger partial charge is 0.355 e. The van der Waals surface area contributed by atoms with E-state index in [-0.39, 0.29) is 55.3 Å². The molecule has 0 saturated carbocycles. The van der Waals surface area contributed by atoms with Gasteiger partial charge in [-0.05, 0) is 37.8 Å². The van der Waals surface area contributed by atoms with Crippen molar-refractivity contribution in [3.05, 3.63) is 58.3 Å². The number of anilines is 1. The van der Waals surface area contributed by atoms with Crippen LogP contribution in [-0.2, 0) is 31.9 Å². The molecule has 13 heteroatoms. The zero-order valence-corrected chi connectivity index (χ0v) is 24.2. The summed E-state index contributed by atoms with van der Waals surface area (Å²) in [5.74, 6) is -3.85. The van der Waals surface area contributed by atoms with E-state index in [4.69, 9.17) is 4.98 Å². The number of hydrogen-bond donors (Lipinski definition) is 1. The lowest BCUT2D eigenvalue weighted by molar-refractivity contribution is -0.128. The van der Waals surface area contributed by atoms with Gasteiger partial charge in [0.1, 0.15) is 23.5 Å². The van der Waals surface area contributed by atoms with Gasteiger partial charge < -0.3 is 9.80 Å². The van der Waals surface area contributed by atoms with Crippen LogP contribution in [0.1, 0.15) is 79.0 Å². The molecule has 1 N–H and O–H groups in total. The lowest BCUT2D eigenvalue weighted by Gasteiger charge is -2.33. The quantitative estimate of drug-likeness (QED) is 0.386. The first-order valence-corrected chi connectivity index (χ1v) is 15.6. The molecule has 0 spiro atoms. The fourth-order valence-corrected chi connectivity index (χ4v) is 6.41. The number of Topliss-reactive ketones (excluding diaryl/α,β-unsaturated/α-hetero) is 1. The molecule has 2 saturated heterocycles. The number of pyridine rings is 1. The van der Waals surface area contributed by atoms with Gasteiger partial charge in [0, 0.05) is 55.6 Å². The van der Waals surface area contributed by atoms with Crippen molar-refractivity contribution in [1.29, 1.82) is 5.26 Å². The number of carbonyl (C=O) groups is 3. The first-order valence-electron chi connectivity index (χ1n) is 14.0. The Kier molecular flexibility index (Phi) is 9.88. The van der Waals surface area contributed by atoms with Crippen LogP contribution in [0, 0.1) is 28.9 Å². The van der Waals surface area contributed by atoms with Gasteiger partial charge in [-0.2, -0.15) is 5.26 Å². The molecule has 2 amide bonds. The molecule has 2 aliphatic heterocycles. The van der Waals surface area contributed by atoms with Crippen molar-refractivity contribution >= 4 is 33.4 Å². The van der Waals surface area contributed by atoms with E-state index in [1.54, 1.807) is 4.90 Å². The lowest BCUT2D eigenvalue weighted by atomic mass is 9.95. The lowest BCUT2D eigenvalue weighted by Crippen LogP contribution is -2.43. The molecule has 4 rings (SSSR count). The highest BCUT2D eigenvalue weighted by molar-refractivity contribution is 7.89. The minimum atomic E-state index is -4.23. The van der Waals surface area contributed by atoms with Gasteiger partial charge in [-0.25, -0.2) is 22.2 Å². The molecule has 42 heavy (non-hydrogen) atoms. The van der Waals surface area contributed by atoms with Gasteiger partial charge in [0.15, 0.2) is 5.78 Å². The summed E-state index contributed by atoms with van der Waals surface area (Å²) in [6, 6.07) is 6.19. The number of piperidine rings is 1. The van der Waals surface area contributed by atoms with Gasteiger partial charge in [0.05, 0.1) is 23.6 Å². The molecule has 1 aromatic carbocycles. The predicted octanol–water partition coefficient (Wildman–Crippen LogP) is 3.59. The summed E-state index contributed by atoms with van der Waals surface area (Å²) < 4.78 is 54.1. The number of benzene rings is 1. The van der Waals surface area contributed by atoms with Crippen LogP contribution in [0.15, 0.2) is 24.3 Å². The summed E-state index contributed by atoms with van der Waals surface area (Å²) >= 11 is 0. The van der Waals surface area contributed by atoms with Crippen LogP contribution in [0.5, 0.6) is 0 Å². The van der Waals surface area contributed by atoms with E-state index in [0.717, 1.165) is 25.0 Å². The van der Waals surface area contributed by atoms with E-state index in [0.29, 0.717) is 48.9 Å². The monoisotopic (exact) mass is 601 g/mol. The normalized spacial score (nSPS) is 16.0. The Balaban J connectivity index is 1.47. The average molecular weight is 602 g/mol. The van der Waals surface area contributed by atoms with Crippen molar-refractivity contribution in [3.8, 4) is 6.07 Å². The second-order valence-electron chi connectivity index (χ2n) is 10.6. The fourth-order valence-electron chi connectivity index (χ4n) is 5.22. The third-order valence-electron chi connectivity index (χ3n) is 7.55. The molecular formula is C29H33F2N5O5S. The highest BCUT2D eigenvalue weighted by Gasteiger charge is 2.31. The zero-order valence-electron chi connectivity index (χ0n) is 23.4. The Hall–Kier alpha value is -3.92. The number of unbranched alkanes of at least 4 members (excludes halogenated alkanes) is 1. The van der Waals surface area contributed by atoms with Gasteiger partial charge in [-0.3, -0.25) is 19.1 Å². The Bertz CT molecular complexity index is 1520. The van der Waals surface area contributed by atoms with Gasteiger partial charge in [0.2, 0.25) is 21.8 Å². The standard InChI is InChI=1S/C29H33F2N5O5S/c1-2-3-5-26(37)23-14-21(16-32)28(33-25(23)17-36-11-4-6-27(36)38)35-12-9-19(10-13-35)29(39)34-42(40,41)18-20-7-8-22(30)15-24(20)31/h7-8,14-15,19H,2-6,9-13,17-18H2,1H3,(H,34,39). The summed E-state index contributed by atoms with van der Waals surface area (Å²) in [6.07, 6.45) is 3.51.